The van der Waals surface area contributed by atoms with Crippen molar-refractivity contribution < 1.29 is 9.53 Å². The predicted molar refractivity (Wildman–Crippen MR) is 80.3 cm³/mol. The van der Waals surface area contributed by atoms with Gasteiger partial charge in [0, 0.05) is 6.04 Å². The molecular weight excluding hydrogens is 276 g/mol. The number of carbonyl (C=O) groups excluding carboxylic acids is 1. The van der Waals surface area contributed by atoms with Crippen LogP contribution in [0.25, 0.3) is 0 Å². The highest BCUT2D eigenvalue weighted by Crippen LogP contribution is 2.25. The van der Waals surface area contributed by atoms with Gasteiger partial charge in [-0.15, -0.1) is 0 Å². The first-order chi connectivity index (χ1) is 9.54. The van der Waals surface area contributed by atoms with Gasteiger partial charge in [-0.25, -0.2) is 0 Å². The largest absolute Gasteiger partial charge is 0.482 e. The van der Waals surface area contributed by atoms with Crippen LogP contribution in [0.3, 0.4) is 0 Å². The van der Waals surface area contributed by atoms with Gasteiger partial charge in [0.25, 0.3) is 5.91 Å². The van der Waals surface area contributed by atoms with Gasteiger partial charge in [0.1, 0.15) is 5.75 Å². The summed E-state index contributed by atoms with van der Waals surface area (Å²) in [7, 11) is 2.10. The molecule has 0 atom stereocenters. The molecule has 20 heavy (non-hydrogen) atoms. The van der Waals surface area contributed by atoms with Crippen molar-refractivity contribution >= 4 is 17.5 Å². The van der Waals surface area contributed by atoms with E-state index >= 15 is 0 Å². The quantitative estimate of drug-likeness (QED) is 0.926. The van der Waals surface area contributed by atoms with E-state index in [1.807, 2.05) is 19.1 Å². The van der Waals surface area contributed by atoms with Gasteiger partial charge in [0.05, 0.1) is 5.02 Å². The van der Waals surface area contributed by atoms with Crippen LogP contribution in [0.4, 0.5) is 0 Å². The van der Waals surface area contributed by atoms with Gasteiger partial charge in [-0.2, -0.15) is 0 Å². The number of nitrogens with zero attached hydrogens (tertiary/aromatic N) is 1. The van der Waals surface area contributed by atoms with Crippen molar-refractivity contribution in [1.29, 1.82) is 0 Å². The number of rotatable bonds is 4. The van der Waals surface area contributed by atoms with E-state index in [0.717, 1.165) is 31.5 Å². The molecule has 0 bridgehead atoms. The van der Waals surface area contributed by atoms with E-state index < -0.39 is 0 Å². The topological polar surface area (TPSA) is 41.6 Å². The molecule has 0 spiro atoms. The smallest absolute Gasteiger partial charge is 0.258 e. The molecule has 4 nitrogen and oxygen atoms in total. The number of halogens is 1. The molecule has 0 aromatic heterocycles. The minimum absolute atomic E-state index is 0.00944. The average molecular weight is 297 g/mol. The van der Waals surface area contributed by atoms with Crippen LogP contribution >= 0.6 is 11.6 Å². The number of carbonyl (C=O) groups is 1. The molecule has 1 aromatic rings. The number of piperidine rings is 1. The van der Waals surface area contributed by atoms with Crippen molar-refractivity contribution in [2.24, 2.45) is 0 Å². The van der Waals surface area contributed by atoms with Gasteiger partial charge in [-0.3, -0.25) is 4.79 Å². The Kier molecular flexibility index (Phi) is 5.26. The fourth-order valence-electron chi connectivity index (χ4n) is 2.29. The van der Waals surface area contributed by atoms with Crippen LogP contribution in [-0.2, 0) is 4.79 Å². The Bertz CT molecular complexity index is 471. The predicted octanol–water partition coefficient (Wildman–Crippen LogP) is 2.24. The molecule has 0 unspecified atom stereocenters. The van der Waals surface area contributed by atoms with Crippen LogP contribution in [0.5, 0.6) is 5.75 Å². The van der Waals surface area contributed by atoms with Gasteiger partial charge in [0.15, 0.2) is 6.61 Å². The lowest BCUT2D eigenvalue weighted by Gasteiger charge is -2.29. The molecule has 1 aliphatic heterocycles. The van der Waals surface area contributed by atoms with E-state index in [9.17, 15) is 4.79 Å². The third-order valence-corrected chi connectivity index (χ3v) is 3.84. The summed E-state index contributed by atoms with van der Waals surface area (Å²) >= 11 is 6.03. The Morgan fingerprint density at radius 3 is 2.85 bits per heavy atom. The van der Waals surface area contributed by atoms with Crippen LogP contribution in [0, 0.1) is 6.92 Å². The second-order valence-corrected chi connectivity index (χ2v) is 5.77. The van der Waals surface area contributed by atoms with Crippen LogP contribution < -0.4 is 10.1 Å². The number of amides is 1. The molecule has 0 radical (unpaired) electrons. The van der Waals surface area contributed by atoms with Crippen LogP contribution in [0.2, 0.25) is 5.02 Å². The minimum atomic E-state index is -0.0860. The Morgan fingerprint density at radius 1 is 1.45 bits per heavy atom. The first-order valence-electron chi connectivity index (χ1n) is 6.91. The Hall–Kier alpha value is -1.26. The summed E-state index contributed by atoms with van der Waals surface area (Å²) in [5.41, 5.74) is 1.06. The summed E-state index contributed by atoms with van der Waals surface area (Å²) in [6.07, 6.45) is 1.99. The maximum Gasteiger partial charge on any atom is 0.258 e. The fraction of sp³-hybridized carbons (Fsp3) is 0.533. The van der Waals surface area contributed by atoms with Crippen molar-refractivity contribution in [2.45, 2.75) is 25.8 Å². The SMILES string of the molecule is Cc1ccc(Cl)c(OCC(=O)NC2CCN(C)CC2)c1. The zero-order valence-corrected chi connectivity index (χ0v) is 12.7. The molecule has 2 rings (SSSR count). The van der Waals surface area contributed by atoms with Crippen molar-refractivity contribution in [1.82, 2.24) is 10.2 Å². The van der Waals surface area contributed by atoms with E-state index in [0.29, 0.717) is 10.8 Å². The number of hydrogen-bond donors (Lipinski definition) is 1. The molecule has 1 fully saturated rings. The van der Waals surface area contributed by atoms with Gasteiger partial charge in [-0.1, -0.05) is 17.7 Å². The number of benzene rings is 1. The van der Waals surface area contributed by atoms with E-state index in [1.165, 1.54) is 0 Å². The fourth-order valence-corrected chi connectivity index (χ4v) is 2.46. The van der Waals surface area contributed by atoms with Crippen molar-refractivity contribution in [3.8, 4) is 5.75 Å². The van der Waals surface area contributed by atoms with Gasteiger partial charge >= 0.3 is 0 Å². The highest BCUT2D eigenvalue weighted by Gasteiger charge is 2.18. The number of nitrogens with one attached hydrogen (secondary N) is 1. The third kappa shape index (κ3) is 4.39. The Labute approximate surface area is 125 Å². The molecule has 110 valence electrons. The number of hydrogen-bond acceptors (Lipinski definition) is 3. The molecule has 1 heterocycles. The molecular formula is C15H21ClN2O2. The lowest BCUT2D eigenvalue weighted by atomic mass is 10.1. The highest BCUT2D eigenvalue weighted by molar-refractivity contribution is 6.32. The van der Waals surface area contributed by atoms with Crippen LogP contribution in [-0.4, -0.2) is 43.6 Å². The lowest BCUT2D eigenvalue weighted by Crippen LogP contribution is -2.44. The van der Waals surface area contributed by atoms with Crippen LogP contribution in [0.1, 0.15) is 18.4 Å². The molecule has 1 aromatic carbocycles. The first-order valence-corrected chi connectivity index (χ1v) is 7.29. The molecule has 0 aliphatic carbocycles. The summed E-state index contributed by atoms with van der Waals surface area (Å²) in [5.74, 6) is 0.474. The molecule has 1 N–H and O–H groups in total. The number of likely N-dealkylation sites (tertiary alicyclic amines) is 1. The number of ether oxygens (including phenoxy) is 1. The summed E-state index contributed by atoms with van der Waals surface area (Å²) < 4.78 is 5.49. The van der Waals surface area contributed by atoms with E-state index in [4.69, 9.17) is 16.3 Å². The summed E-state index contributed by atoms with van der Waals surface area (Å²) in [6.45, 7) is 4.02. The zero-order chi connectivity index (χ0) is 14.5. The molecule has 0 saturated carbocycles. The van der Waals surface area contributed by atoms with E-state index in [2.05, 4.69) is 17.3 Å². The van der Waals surface area contributed by atoms with Crippen molar-refractivity contribution in [3.63, 3.8) is 0 Å². The zero-order valence-electron chi connectivity index (χ0n) is 12.0. The van der Waals surface area contributed by atoms with Gasteiger partial charge in [-0.05, 0) is 57.6 Å². The highest BCUT2D eigenvalue weighted by atomic mass is 35.5. The standard InChI is InChI=1S/C15H21ClN2O2/c1-11-3-4-13(16)14(9-11)20-10-15(19)17-12-5-7-18(2)8-6-12/h3-4,9,12H,5-8,10H2,1-2H3,(H,17,19). The van der Waals surface area contributed by atoms with Crippen LogP contribution in [0.15, 0.2) is 18.2 Å². The number of aryl methyl sites for hydroxylation is 1. The maximum absolute atomic E-state index is 11.9. The second kappa shape index (κ2) is 6.95. The normalized spacial score (nSPS) is 16.9. The maximum atomic E-state index is 11.9. The molecule has 1 aliphatic rings. The third-order valence-electron chi connectivity index (χ3n) is 3.53. The van der Waals surface area contributed by atoms with Crippen molar-refractivity contribution in [3.05, 3.63) is 28.8 Å². The Balaban J connectivity index is 1.79. The van der Waals surface area contributed by atoms with Gasteiger partial charge < -0.3 is 15.0 Å². The van der Waals surface area contributed by atoms with E-state index in [-0.39, 0.29) is 18.6 Å². The summed E-state index contributed by atoms with van der Waals surface area (Å²) in [5, 5.41) is 3.54. The van der Waals surface area contributed by atoms with Gasteiger partial charge in [0.2, 0.25) is 0 Å². The monoisotopic (exact) mass is 296 g/mol. The first kappa shape index (κ1) is 15.1. The molecule has 1 saturated heterocycles. The minimum Gasteiger partial charge on any atom is -0.482 e. The lowest BCUT2D eigenvalue weighted by molar-refractivity contribution is -0.124. The average Bonchev–Trinajstić information content (AvgIpc) is 2.42. The van der Waals surface area contributed by atoms with Crippen molar-refractivity contribution in [2.75, 3.05) is 26.7 Å². The molecule has 5 heteroatoms. The molecule has 1 amide bonds. The second-order valence-electron chi connectivity index (χ2n) is 5.37. The summed E-state index contributed by atoms with van der Waals surface area (Å²) in [4.78, 5) is 14.1. The van der Waals surface area contributed by atoms with E-state index in [1.54, 1.807) is 6.07 Å². The summed E-state index contributed by atoms with van der Waals surface area (Å²) in [6, 6.07) is 5.79. The Morgan fingerprint density at radius 2 is 2.15 bits per heavy atom.